The summed E-state index contributed by atoms with van der Waals surface area (Å²) in [6.07, 6.45) is 0. The lowest BCUT2D eigenvalue weighted by atomic mass is 10.0. The molecule has 1 N–H and O–H groups in total. The van der Waals surface area contributed by atoms with Gasteiger partial charge in [0.2, 0.25) is 5.75 Å². The van der Waals surface area contributed by atoms with Crippen molar-refractivity contribution in [3.05, 3.63) is 71.8 Å². The summed E-state index contributed by atoms with van der Waals surface area (Å²) in [5.74, 6) is 1.22. The predicted octanol–water partition coefficient (Wildman–Crippen LogP) is 4.01. The number of amides is 2. The number of morpholine rings is 1. The van der Waals surface area contributed by atoms with Crippen molar-refractivity contribution in [1.82, 2.24) is 4.90 Å². The molecule has 0 bridgehead atoms. The zero-order valence-corrected chi connectivity index (χ0v) is 21.8. The summed E-state index contributed by atoms with van der Waals surface area (Å²) in [6.45, 7) is 1.74. The Morgan fingerprint density at radius 3 is 2.13 bits per heavy atom. The molecule has 1 fully saturated rings. The standard InChI is InChI=1S/C29H32N2O7/c1-35-26-16-23(17-27(36-2)28(26)37-3)22-5-4-6-24(15-22)31(29(34)30-11-13-38-14-12-30)18-20-7-9-21(10-8-20)25(33)19-32/h4-10,15-17,32H,11-14,18-19H2,1-3H3. The number of anilines is 1. The SMILES string of the molecule is COc1cc(-c2cccc(N(Cc3ccc(C(=O)CO)cc3)C(=O)N3CCOCC3)c2)cc(OC)c1OC. The summed E-state index contributed by atoms with van der Waals surface area (Å²) < 4.78 is 21.9. The number of ether oxygens (including phenoxy) is 4. The molecule has 3 aromatic carbocycles. The maximum Gasteiger partial charge on any atom is 0.324 e. The molecule has 9 heteroatoms. The largest absolute Gasteiger partial charge is 0.493 e. The predicted molar refractivity (Wildman–Crippen MR) is 143 cm³/mol. The number of methoxy groups -OCH3 is 3. The molecule has 1 heterocycles. The fourth-order valence-electron chi connectivity index (χ4n) is 4.37. The first-order chi connectivity index (χ1) is 18.5. The lowest BCUT2D eigenvalue weighted by molar-refractivity contribution is 0.0548. The highest BCUT2D eigenvalue weighted by molar-refractivity contribution is 5.97. The Kier molecular flexibility index (Phi) is 8.83. The summed E-state index contributed by atoms with van der Waals surface area (Å²) in [5, 5.41) is 9.14. The molecule has 1 saturated heterocycles. The molecular weight excluding hydrogens is 488 g/mol. The number of rotatable bonds is 9. The van der Waals surface area contributed by atoms with Crippen molar-refractivity contribution in [3.63, 3.8) is 0 Å². The minimum Gasteiger partial charge on any atom is -0.493 e. The van der Waals surface area contributed by atoms with E-state index < -0.39 is 6.61 Å². The van der Waals surface area contributed by atoms with Crippen LogP contribution in [0.25, 0.3) is 11.1 Å². The minimum atomic E-state index is -0.547. The number of urea groups is 1. The molecule has 3 aromatic rings. The number of hydrogen-bond acceptors (Lipinski definition) is 7. The third-order valence-electron chi connectivity index (χ3n) is 6.43. The van der Waals surface area contributed by atoms with Crippen molar-refractivity contribution < 1.29 is 33.6 Å². The van der Waals surface area contributed by atoms with Crippen molar-refractivity contribution >= 4 is 17.5 Å². The smallest absolute Gasteiger partial charge is 0.324 e. The van der Waals surface area contributed by atoms with Crippen LogP contribution in [0.2, 0.25) is 0 Å². The molecule has 0 aliphatic carbocycles. The van der Waals surface area contributed by atoms with E-state index in [9.17, 15) is 9.59 Å². The fraction of sp³-hybridized carbons (Fsp3) is 0.310. The summed E-state index contributed by atoms with van der Waals surface area (Å²) in [6, 6.07) is 18.2. The zero-order chi connectivity index (χ0) is 27.1. The fourth-order valence-corrected chi connectivity index (χ4v) is 4.37. The van der Waals surface area contributed by atoms with Gasteiger partial charge in [-0.3, -0.25) is 9.69 Å². The van der Waals surface area contributed by atoms with E-state index >= 15 is 0 Å². The molecule has 4 rings (SSSR count). The Balaban J connectivity index is 1.71. The van der Waals surface area contributed by atoms with Crippen LogP contribution in [-0.2, 0) is 11.3 Å². The average Bonchev–Trinajstić information content (AvgIpc) is 2.99. The second-order valence-corrected chi connectivity index (χ2v) is 8.71. The van der Waals surface area contributed by atoms with Gasteiger partial charge in [0.05, 0.1) is 41.1 Å². The van der Waals surface area contributed by atoms with Crippen LogP contribution in [0.3, 0.4) is 0 Å². The molecule has 0 unspecified atom stereocenters. The minimum absolute atomic E-state index is 0.133. The van der Waals surface area contributed by atoms with Gasteiger partial charge < -0.3 is 29.0 Å². The highest BCUT2D eigenvalue weighted by Gasteiger charge is 2.25. The van der Waals surface area contributed by atoms with E-state index in [0.29, 0.717) is 61.3 Å². The normalized spacial score (nSPS) is 13.1. The first kappa shape index (κ1) is 27.0. The molecule has 0 atom stereocenters. The van der Waals surface area contributed by atoms with E-state index in [0.717, 1.165) is 16.7 Å². The molecule has 0 aromatic heterocycles. The number of benzene rings is 3. The molecular formula is C29H32N2O7. The highest BCUT2D eigenvalue weighted by atomic mass is 16.5. The Bertz CT molecular complexity index is 1250. The quantitative estimate of drug-likeness (QED) is 0.426. The third kappa shape index (κ3) is 5.90. The van der Waals surface area contributed by atoms with Crippen LogP contribution in [0.1, 0.15) is 15.9 Å². The summed E-state index contributed by atoms with van der Waals surface area (Å²) in [4.78, 5) is 29.0. The Labute approximate surface area is 222 Å². The van der Waals surface area contributed by atoms with Crippen LogP contribution in [0.4, 0.5) is 10.5 Å². The third-order valence-corrected chi connectivity index (χ3v) is 6.43. The monoisotopic (exact) mass is 520 g/mol. The number of carbonyl (C=O) groups excluding carboxylic acids is 2. The molecule has 38 heavy (non-hydrogen) atoms. The maximum atomic E-state index is 13.7. The van der Waals surface area contributed by atoms with E-state index in [4.69, 9.17) is 24.1 Å². The summed E-state index contributed by atoms with van der Waals surface area (Å²) in [7, 11) is 4.70. The van der Waals surface area contributed by atoms with Crippen LogP contribution in [0, 0.1) is 0 Å². The van der Waals surface area contributed by atoms with Crippen LogP contribution in [0.15, 0.2) is 60.7 Å². The van der Waals surface area contributed by atoms with Crippen LogP contribution < -0.4 is 19.1 Å². The number of ketones is 1. The lowest BCUT2D eigenvalue weighted by Gasteiger charge is -2.33. The molecule has 2 amide bonds. The van der Waals surface area contributed by atoms with Crippen LogP contribution in [-0.4, -0.2) is 76.1 Å². The van der Waals surface area contributed by atoms with Crippen molar-refractivity contribution in [2.75, 3.05) is 59.1 Å². The lowest BCUT2D eigenvalue weighted by Crippen LogP contribution is -2.48. The Morgan fingerprint density at radius 2 is 1.55 bits per heavy atom. The van der Waals surface area contributed by atoms with E-state index in [1.165, 1.54) is 0 Å². The molecule has 0 radical (unpaired) electrons. The van der Waals surface area contributed by atoms with Gasteiger partial charge >= 0.3 is 6.03 Å². The number of hydrogen-bond donors (Lipinski definition) is 1. The highest BCUT2D eigenvalue weighted by Crippen LogP contribution is 2.41. The number of aliphatic hydroxyl groups is 1. The zero-order valence-electron chi connectivity index (χ0n) is 21.8. The van der Waals surface area contributed by atoms with Crippen molar-refractivity contribution in [2.45, 2.75) is 6.54 Å². The molecule has 0 saturated carbocycles. The van der Waals surface area contributed by atoms with Gasteiger partial charge in [0.25, 0.3) is 0 Å². The van der Waals surface area contributed by atoms with Gasteiger partial charge in [-0.1, -0.05) is 36.4 Å². The first-order valence-corrected chi connectivity index (χ1v) is 12.3. The second-order valence-electron chi connectivity index (χ2n) is 8.71. The maximum absolute atomic E-state index is 13.7. The Hall–Kier alpha value is -4.08. The summed E-state index contributed by atoms with van der Waals surface area (Å²) in [5.41, 5.74) is 3.69. The number of aliphatic hydroxyl groups excluding tert-OH is 1. The van der Waals surface area contributed by atoms with Crippen molar-refractivity contribution in [3.8, 4) is 28.4 Å². The van der Waals surface area contributed by atoms with E-state index in [2.05, 4.69) is 0 Å². The van der Waals surface area contributed by atoms with Gasteiger partial charge in [0.1, 0.15) is 6.61 Å². The molecule has 200 valence electrons. The van der Waals surface area contributed by atoms with Crippen LogP contribution in [0.5, 0.6) is 17.2 Å². The van der Waals surface area contributed by atoms with Gasteiger partial charge in [0, 0.05) is 24.3 Å². The second kappa shape index (κ2) is 12.4. The molecule has 1 aliphatic rings. The van der Waals surface area contributed by atoms with Gasteiger partial charge in [-0.25, -0.2) is 4.79 Å². The van der Waals surface area contributed by atoms with Crippen molar-refractivity contribution in [2.24, 2.45) is 0 Å². The summed E-state index contributed by atoms with van der Waals surface area (Å²) >= 11 is 0. The Morgan fingerprint density at radius 1 is 0.895 bits per heavy atom. The van der Waals surface area contributed by atoms with E-state index in [1.54, 1.807) is 55.4 Å². The van der Waals surface area contributed by atoms with Gasteiger partial charge in [-0.2, -0.15) is 0 Å². The van der Waals surface area contributed by atoms with Gasteiger partial charge in [-0.05, 0) is 41.0 Å². The van der Waals surface area contributed by atoms with E-state index in [-0.39, 0.29) is 11.8 Å². The topological polar surface area (TPSA) is 97.8 Å². The van der Waals surface area contributed by atoms with Gasteiger partial charge in [0.15, 0.2) is 17.3 Å². The molecule has 1 aliphatic heterocycles. The average molecular weight is 521 g/mol. The molecule has 0 spiro atoms. The number of Topliss-reactive ketones (excluding diaryl/α,β-unsaturated/α-hetero) is 1. The van der Waals surface area contributed by atoms with Gasteiger partial charge in [-0.15, -0.1) is 0 Å². The van der Waals surface area contributed by atoms with Crippen molar-refractivity contribution in [1.29, 1.82) is 0 Å². The molecule has 9 nitrogen and oxygen atoms in total. The van der Waals surface area contributed by atoms with E-state index in [1.807, 2.05) is 36.4 Å². The first-order valence-electron chi connectivity index (χ1n) is 12.3. The van der Waals surface area contributed by atoms with Crippen LogP contribution >= 0.6 is 0 Å². The number of carbonyl (C=O) groups is 2. The number of nitrogens with zero attached hydrogens (tertiary/aromatic N) is 2.